The van der Waals surface area contributed by atoms with Crippen LogP contribution in [0.5, 0.6) is 5.75 Å². The molecule has 2 saturated carbocycles. The Kier molecular flexibility index (Phi) is 5.85. The van der Waals surface area contributed by atoms with Gasteiger partial charge in [0.25, 0.3) is 0 Å². The van der Waals surface area contributed by atoms with Gasteiger partial charge in [-0.15, -0.1) is 0 Å². The van der Waals surface area contributed by atoms with E-state index in [1.807, 2.05) is 31.2 Å². The van der Waals surface area contributed by atoms with E-state index in [0.717, 1.165) is 43.2 Å². The van der Waals surface area contributed by atoms with Gasteiger partial charge in [0.2, 0.25) is 0 Å². The van der Waals surface area contributed by atoms with E-state index in [1.165, 1.54) is 17.8 Å². The largest absolute Gasteiger partial charge is 0.489 e. The highest BCUT2D eigenvalue weighted by Gasteiger charge is 2.61. The minimum absolute atomic E-state index is 0.0164. The zero-order valence-corrected chi connectivity index (χ0v) is 22.1. The van der Waals surface area contributed by atoms with Gasteiger partial charge in [0.15, 0.2) is 0 Å². The summed E-state index contributed by atoms with van der Waals surface area (Å²) in [4.78, 5) is 15.7. The molecule has 3 atom stereocenters. The molecule has 0 amide bonds. The Morgan fingerprint density at radius 3 is 2.63 bits per heavy atom. The summed E-state index contributed by atoms with van der Waals surface area (Å²) in [5.41, 5.74) is 5.01. The molecule has 2 aromatic carbocycles. The molecule has 6 heteroatoms. The van der Waals surface area contributed by atoms with Gasteiger partial charge < -0.3 is 9.84 Å². The Balaban J connectivity index is 1.33. The normalized spacial score (nSPS) is 25.0. The van der Waals surface area contributed by atoms with E-state index in [2.05, 4.69) is 18.8 Å². The first-order chi connectivity index (χ1) is 18.1. The number of ether oxygens (including phenoxy) is 1. The van der Waals surface area contributed by atoms with Crippen molar-refractivity contribution in [1.82, 2.24) is 4.98 Å². The first-order valence-corrected chi connectivity index (χ1v) is 13.5. The summed E-state index contributed by atoms with van der Waals surface area (Å²) in [6.45, 7) is 6.30. The minimum atomic E-state index is -0.741. The van der Waals surface area contributed by atoms with Gasteiger partial charge >= 0.3 is 5.97 Å². The Morgan fingerprint density at radius 1 is 1.11 bits per heavy atom. The van der Waals surface area contributed by atoms with Crippen LogP contribution in [0.25, 0.3) is 11.1 Å². The number of halogens is 2. The van der Waals surface area contributed by atoms with Crippen LogP contribution in [0.3, 0.4) is 0 Å². The van der Waals surface area contributed by atoms with Gasteiger partial charge in [-0.3, -0.25) is 9.78 Å². The van der Waals surface area contributed by atoms with Gasteiger partial charge in [-0.1, -0.05) is 26.3 Å². The smallest absolute Gasteiger partial charge is 0.307 e. The first kappa shape index (κ1) is 25.0. The molecule has 1 aromatic heterocycles. The Bertz CT molecular complexity index is 1450. The maximum absolute atomic E-state index is 15.5. The summed E-state index contributed by atoms with van der Waals surface area (Å²) in [6.07, 6.45) is 6.71. The van der Waals surface area contributed by atoms with Crippen molar-refractivity contribution in [2.45, 2.75) is 77.2 Å². The monoisotopic (exact) mass is 517 g/mol. The van der Waals surface area contributed by atoms with Crippen LogP contribution in [0.15, 0.2) is 42.6 Å². The highest BCUT2D eigenvalue weighted by molar-refractivity contribution is 5.78. The molecule has 6 rings (SSSR count). The van der Waals surface area contributed by atoms with Crippen LogP contribution in [0, 0.1) is 29.9 Å². The van der Waals surface area contributed by atoms with Gasteiger partial charge in [0, 0.05) is 22.2 Å². The van der Waals surface area contributed by atoms with Crippen LogP contribution >= 0.6 is 0 Å². The van der Waals surface area contributed by atoms with Gasteiger partial charge in [-0.05, 0) is 103 Å². The second-order valence-corrected chi connectivity index (χ2v) is 12.1. The van der Waals surface area contributed by atoms with Crippen LogP contribution in [0.1, 0.15) is 79.8 Å². The average Bonchev–Trinajstić information content (AvgIpc) is 3.37. The molecule has 1 spiro atoms. The lowest BCUT2D eigenvalue weighted by molar-refractivity contribution is -0.139. The van der Waals surface area contributed by atoms with Crippen molar-refractivity contribution in [3.63, 3.8) is 0 Å². The number of aryl methyl sites for hydroxylation is 2. The van der Waals surface area contributed by atoms with E-state index in [1.54, 1.807) is 6.07 Å². The van der Waals surface area contributed by atoms with E-state index in [0.29, 0.717) is 34.6 Å². The highest BCUT2D eigenvalue weighted by atomic mass is 19.1. The standard InChI is InChI=1S/C32H33F2NO3/c1-18-11-24(29(34)16-35-18)22-14-28(33)20(12-23(22)25-5-4-9-31(25,2)3)17-38-21-7-6-19-8-10-32(26(19)13-21)15-27(32)30(36)37/h6-7,11-14,16,25,27H,4-5,8-10,15,17H2,1-3H3,(H,36,37)/t25-,27-,32-/m0/s1. The molecule has 3 aliphatic rings. The Labute approximate surface area is 222 Å². The third kappa shape index (κ3) is 4.09. The number of pyridine rings is 1. The van der Waals surface area contributed by atoms with E-state index in [-0.39, 0.29) is 29.3 Å². The quantitative estimate of drug-likeness (QED) is 0.368. The molecule has 1 N–H and O–H groups in total. The van der Waals surface area contributed by atoms with Gasteiger partial charge in [-0.2, -0.15) is 0 Å². The number of benzene rings is 2. The number of nitrogens with zero attached hydrogens (tertiary/aromatic N) is 1. The van der Waals surface area contributed by atoms with Crippen molar-refractivity contribution >= 4 is 5.97 Å². The highest BCUT2D eigenvalue weighted by Crippen LogP contribution is 2.62. The molecule has 198 valence electrons. The molecule has 3 aliphatic carbocycles. The van der Waals surface area contributed by atoms with E-state index in [9.17, 15) is 14.3 Å². The molecular formula is C32H33F2NO3. The lowest BCUT2D eigenvalue weighted by Gasteiger charge is -2.30. The van der Waals surface area contributed by atoms with Crippen molar-refractivity contribution < 1.29 is 23.4 Å². The first-order valence-electron chi connectivity index (χ1n) is 13.5. The lowest BCUT2D eigenvalue weighted by Crippen LogP contribution is -2.17. The third-order valence-electron chi connectivity index (χ3n) is 9.36. The number of carboxylic acids is 1. The van der Waals surface area contributed by atoms with Crippen molar-refractivity contribution in [1.29, 1.82) is 0 Å². The maximum atomic E-state index is 15.5. The molecule has 38 heavy (non-hydrogen) atoms. The van der Waals surface area contributed by atoms with Crippen LogP contribution in [0.2, 0.25) is 0 Å². The van der Waals surface area contributed by atoms with E-state index < -0.39 is 17.6 Å². The number of carboxylic acid groups (broad SMARTS) is 1. The fourth-order valence-electron chi connectivity index (χ4n) is 7.11. The van der Waals surface area contributed by atoms with Crippen LogP contribution in [-0.2, 0) is 23.2 Å². The zero-order chi connectivity index (χ0) is 26.8. The molecule has 4 nitrogen and oxygen atoms in total. The van der Waals surface area contributed by atoms with Crippen LogP contribution in [0.4, 0.5) is 8.78 Å². The van der Waals surface area contributed by atoms with Crippen molar-refractivity contribution in [2.24, 2.45) is 11.3 Å². The molecule has 2 fully saturated rings. The van der Waals surface area contributed by atoms with Gasteiger partial charge in [0.05, 0.1) is 12.1 Å². The molecule has 0 radical (unpaired) electrons. The number of aliphatic carboxylic acids is 1. The fourth-order valence-corrected chi connectivity index (χ4v) is 7.11. The average molecular weight is 518 g/mol. The predicted octanol–water partition coefficient (Wildman–Crippen LogP) is 7.50. The molecule has 0 saturated heterocycles. The Hall–Kier alpha value is -3.28. The number of hydrogen-bond donors (Lipinski definition) is 1. The summed E-state index contributed by atoms with van der Waals surface area (Å²) < 4.78 is 36.6. The molecular weight excluding hydrogens is 484 g/mol. The summed E-state index contributed by atoms with van der Waals surface area (Å²) in [5, 5.41) is 9.55. The number of hydrogen-bond acceptors (Lipinski definition) is 3. The zero-order valence-electron chi connectivity index (χ0n) is 22.1. The number of rotatable bonds is 6. The van der Waals surface area contributed by atoms with Gasteiger partial charge in [0.1, 0.15) is 24.0 Å². The summed E-state index contributed by atoms with van der Waals surface area (Å²) in [7, 11) is 0. The summed E-state index contributed by atoms with van der Waals surface area (Å²) >= 11 is 0. The molecule has 1 heterocycles. The Morgan fingerprint density at radius 2 is 1.92 bits per heavy atom. The predicted molar refractivity (Wildman–Crippen MR) is 141 cm³/mol. The maximum Gasteiger partial charge on any atom is 0.307 e. The fraction of sp³-hybridized carbons (Fsp3) is 0.438. The van der Waals surface area contributed by atoms with Crippen molar-refractivity contribution in [2.75, 3.05) is 0 Å². The summed E-state index contributed by atoms with van der Waals surface area (Å²) in [6, 6.07) is 10.9. The van der Waals surface area contributed by atoms with Gasteiger partial charge in [-0.25, -0.2) is 8.78 Å². The molecule has 3 aromatic rings. The lowest BCUT2D eigenvalue weighted by atomic mass is 9.75. The van der Waals surface area contributed by atoms with Crippen LogP contribution in [-0.4, -0.2) is 16.1 Å². The van der Waals surface area contributed by atoms with E-state index >= 15 is 4.39 Å². The molecule has 0 bridgehead atoms. The van der Waals surface area contributed by atoms with Crippen molar-refractivity contribution in [3.8, 4) is 16.9 Å². The second-order valence-electron chi connectivity index (χ2n) is 12.1. The topological polar surface area (TPSA) is 59.4 Å². The molecule has 0 aliphatic heterocycles. The van der Waals surface area contributed by atoms with Crippen LogP contribution < -0.4 is 4.74 Å². The molecule has 0 unspecified atom stereocenters. The minimum Gasteiger partial charge on any atom is -0.489 e. The van der Waals surface area contributed by atoms with E-state index in [4.69, 9.17) is 4.74 Å². The number of fused-ring (bicyclic) bond motifs is 2. The van der Waals surface area contributed by atoms with Crippen molar-refractivity contribution in [3.05, 3.63) is 82.2 Å². The third-order valence-corrected chi connectivity index (χ3v) is 9.36. The SMILES string of the molecule is Cc1cc(-c2cc(F)c(COc3ccc4c(c3)[C@]3(CC4)C[C@H]3C(=O)O)cc2[C@@H]2CCCC2(C)C)c(F)cn1. The number of aromatic nitrogens is 1. The second kappa shape index (κ2) is 8.89. The number of carbonyl (C=O) groups is 1. The summed E-state index contributed by atoms with van der Waals surface area (Å²) in [5.74, 6) is -1.18.